The van der Waals surface area contributed by atoms with E-state index in [2.05, 4.69) is 18.9 Å². The minimum atomic E-state index is 0.233. The molecule has 1 aromatic rings. The molecule has 2 atom stereocenters. The summed E-state index contributed by atoms with van der Waals surface area (Å²) in [6.45, 7) is 2.86. The number of carbonyl (C=O) groups excluding carboxylic acids is 1. The highest BCUT2D eigenvalue weighted by molar-refractivity contribution is 5.97. The van der Waals surface area contributed by atoms with Crippen molar-refractivity contribution in [2.24, 2.45) is 13.0 Å². The standard InChI is InChI=1S/C15H24N2O/c1-12-5-4-6-14(9-12)17(3)11-15(18)13-7-8-16(2)10-13/h7-8,10,12,14H,4-6,9,11H2,1-3H3. The third-order valence-electron chi connectivity index (χ3n) is 4.08. The van der Waals surface area contributed by atoms with Crippen molar-refractivity contribution in [1.82, 2.24) is 9.47 Å². The maximum atomic E-state index is 12.1. The molecule has 0 amide bonds. The topological polar surface area (TPSA) is 25.2 Å². The van der Waals surface area contributed by atoms with Crippen LogP contribution in [-0.4, -0.2) is 34.9 Å². The zero-order valence-electron chi connectivity index (χ0n) is 11.7. The maximum absolute atomic E-state index is 12.1. The largest absolute Gasteiger partial charge is 0.357 e. The Kier molecular flexibility index (Phi) is 4.23. The van der Waals surface area contributed by atoms with Crippen molar-refractivity contribution in [2.45, 2.75) is 38.6 Å². The van der Waals surface area contributed by atoms with Crippen LogP contribution in [0, 0.1) is 5.92 Å². The van der Waals surface area contributed by atoms with Crippen LogP contribution in [0.2, 0.25) is 0 Å². The molecule has 0 N–H and O–H groups in total. The van der Waals surface area contributed by atoms with Crippen molar-refractivity contribution in [3.8, 4) is 0 Å². The maximum Gasteiger partial charge on any atom is 0.178 e. The summed E-state index contributed by atoms with van der Waals surface area (Å²) in [7, 11) is 4.03. The summed E-state index contributed by atoms with van der Waals surface area (Å²) in [5.74, 6) is 1.04. The van der Waals surface area contributed by atoms with E-state index < -0.39 is 0 Å². The minimum Gasteiger partial charge on any atom is -0.357 e. The Bertz CT molecular complexity index is 410. The number of hydrogen-bond donors (Lipinski definition) is 0. The van der Waals surface area contributed by atoms with Crippen LogP contribution in [0.1, 0.15) is 43.0 Å². The summed E-state index contributed by atoms with van der Waals surface area (Å²) < 4.78 is 1.93. The Morgan fingerprint density at radius 3 is 2.89 bits per heavy atom. The van der Waals surface area contributed by atoms with E-state index in [-0.39, 0.29) is 5.78 Å². The number of rotatable bonds is 4. The molecule has 0 aliphatic heterocycles. The van der Waals surface area contributed by atoms with Crippen LogP contribution in [0.15, 0.2) is 18.5 Å². The van der Waals surface area contributed by atoms with E-state index in [0.717, 1.165) is 11.5 Å². The number of aromatic nitrogens is 1. The van der Waals surface area contributed by atoms with Gasteiger partial charge in [0, 0.05) is 31.0 Å². The highest BCUT2D eigenvalue weighted by Gasteiger charge is 2.23. The first-order valence-corrected chi connectivity index (χ1v) is 6.91. The van der Waals surface area contributed by atoms with E-state index in [1.54, 1.807) is 0 Å². The number of aryl methyl sites for hydroxylation is 1. The van der Waals surface area contributed by atoms with Crippen molar-refractivity contribution >= 4 is 5.78 Å². The lowest BCUT2D eigenvalue weighted by molar-refractivity contribution is 0.0882. The molecule has 0 bridgehead atoms. The first-order chi connectivity index (χ1) is 8.56. The lowest BCUT2D eigenvalue weighted by atomic mass is 9.86. The Morgan fingerprint density at radius 2 is 2.28 bits per heavy atom. The fourth-order valence-electron chi connectivity index (χ4n) is 2.92. The number of ketones is 1. The summed E-state index contributed by atoms with van der Waals surface area (Å²) in [5.41, 5.74) is 0.827. The van der Waals surface area contributed by atoms with Gasteiger partial charge in [0.2, 0.25) is 0 Å². The fourth-order valence-corrected chi connectivity index (χ4v) is 2.92. The van der Waals surface area contributed by atoms with E-state index in [4.69, 9.17) is 0 Å². The number of likely N-dealkylation sites (N-methyl/N-ethyl adjacent to an activating group) is 1. The predicted octanol–water partition coefficient (Wildman–Crippen LogP) is 2.72. The van der Waals surface area contributed by atoms with Crippen LogP contribution in [0.3, 0.4) is 0 Å². The lowest BCUT2D eigenvalue weighted by Gasteiger charge is -2.33. The van der Waals surface area contributed by atoms with Gasteiger partial charge in [-0.15, -0.1) is 0 Å². The van der Waals surface area contributed by atoms with Gasteiger partial charge in [-0.25, -0.2) is 0 Å². The van der Waals surface area contributed by atoms with Gasteiger partial charge in [0.05, 0.1) is 6.54 Å². The van der Waals surface area contributed by atoms with Crippen molar-refractivity contribution in [1.29, 1.82) is 0 Å². The fraction of sp³-hybridized carbons (Fsp3) is 0.667. The average Bonchev–Trinajstić information content (AvgIpc) is 2.76. The van der Waals surface area contributed by atoms with E-state index >= 15 is 0 Å². The van der Waals surface area contributed by atoms with E-state index in [0.29, 0.717) is 12.6 Å². The van der Waals surface area contributed by atoms with Crippen LogP contribution in [-0.2, 0) is 7.05 Å². The van der Waals surface area contributed by atoms with Crippen molar-refractivity contribution in [2.75, 3.05) is 13.6 Å². The van der Waals surface area contributed by atoms with Crippen LogP contribution >= 0.6 is 0 Å². The quantitative estimate of drug-likeness (QED) is 0.766. The van der Waals surface area contributed by atoms with Crippen LogP contribution in [0.4, 0.5) is 0 Å². The molecule has 1 fully saturated rings. The van der Waals surface area contributed by atoms with Crippen molar-refractivity contribution in [3.63, 3.8) is 0 Å². The summed E-state index contributed by atoms with van der Waals surface area (Å²) in [4.78, 5) is 14.4. The van der Waals surface area contributed by atoms with Crippen molar-refractivity contribution < 1.29 is 4.79 Å². The van der Waals surface area contributed by atoms with Gasteiger partial charge in [-0.05, 0) is 31.9 Å². The summed E-state index contributed by atoms with van der Waals surface area (Å²) in [6.07, 6.45) is 8.95. The van der Waals surface area contributed by atoms with Gasteiger partial charge < -0.3 is 4.57 Å². The van der Waals surface area contributed by atoms with Crippen LogP contribution in [0.25, 0.3) is 0 Å². The molecule has 2 rings (SSSR count). The average molecular weight is 248 g/mol. The molecule has 3 heteroatoms. The molecule has 0 radical (unpaired) electrons. The zero-order chi connectivity index (χ0) is 13.1. The van der Waals surface area contributed by atoms with Crippen LogP contribution < -0.4 is 0 Å². The highest BCUT2D eigenvalue weighted by atomic mass is 16.1. The van der Waals surface area contributed by atoms with Gasteiger partial charge in [-0.2, -0.15) is 0 Å². The molecule has 1 aliphatic carbocycles. The van der Waals surface area contributed by atoms with Gasteiger partial charge in [-0.1, -0.05) is 19.8 Å². The van der Waals surface area contributed by atoms with E-state index in [1.165, 1.54) is 25.7 Å². The van der Waals surface area contributed by atoms with Gasteiger partial charge in [0.15, 0.2) is 5.78 Å². The second-order valence-electron chi connectivity index (χ2n) is 5.83. The normalized spacial score (nSPS) is 24.4. The molecule has 1 saturated carbocycles. The Labute approximate surface area is 110 Å². The lowest BCUT2D eigenvalue weighted by Crippen LogP contribution is -2.38. The van der Waals surface area contributed by atoms with Gasteiger partial charge >= 0.3 is 0 Å². The Hall–Kier alpha value is -1.09. The van der Waals surface area contributed by atoms with Gasteiger partial charge in [-0.3, -0.25) is 9.69 Å². The first-order valence-electron chi connectivity index (χ1n) is 6.91. The van der Waals surface area contributed by atoms with Crippen LogP contribution in [0.5, 0.6) is 0 Å². The molecule has 1 aliphatic rings. The smallest absolute Gasteiger partial charge is 0.178 e. The molecular formula is C15H24N2O. The minimum absolute atomic E-state index is 0.233. The summed E-state index contributed by atoms with van der Waals surface area (Å²) in [6, 6.07) is 2.49. The van der Waals surface area contributed by atoms with E-state index in [9.17, 15) is 4.79 Å². The zero-order valence-corrected chi connectivity index (χ0v) is 11.7. The number of carbonyl (C=O) groups is 1. The Balaban J connectivity index is 1.90. The SMILES string of the molecule is CC1CCCC(N(C)CC(=O)c2ccn(C)c2)C1. The molecule has 0 saturated heterocycles. The molecule has 0 spiro atoms. The van der Waals surface area contributed by atoms with Gasteiger partial charge in [0.25, 0.3) is 0 Å². The van der Waals surface area contributed by atoms with Gasteiger partial charge in [0.1, 0.15) is 0 Å². The highest BCUT2D eigenvalue weighted by Crippen LogP contribution is 2.26. The summed E-state index contributed by atoms with van der Waals surface area (Å²) in [5, 5.41) is 0. The molecule has 0 aromatic carbocycles. The number of Topliss-reactive ketones (excluding diaryl/α,β-unsaturated/α-hetero) is 1. The number of nitrogens with zero attached hydrogens (tertiary/aromatic N) is 2. The molecule has 3 nitrogen and oxygen atoms in total. The molecule has 18 heavy (non-hydrogen) atoms. The third kappa shape index (κ3) is 3.22. The van der Waals surface area contributed by atoms with E-state index in [1.807, 2.05) is 30.1 Å². The second kappa shape index (κ2) is 5.70. The molecule has 100 valence electrons. The predicted molar refractivity (Wildman–Crippen MR) is 73.8 cm³/mol. The number of hydrogen-bond acceptors (Lipinski definition) is 2. The molecule has 2 unspecified atom stereocenters. The monoisotopic (exact) mass is 248 g/mol. The molecular weight excluding hydrogens is 224 g/mol. The van der Waals surface area contributed by atoms with Crippen molar-refractivity contribution in [3.05, 3.63) is 24.0 Å². The third-order valence-corrected chi connectivity index (χ3v) is 4.08. The Morgan fingerprint density at radius 1 is 1.50 bits per heavy atom. The molecule has 1 heterocycles. The molecule has 1 aromatic heterocycles. The summed E-state index contributed by atoms with van der Waals surface area (Å²) >= 11 is 0. The first kappa shape index (κ1) is 13.3. The second-order valence-corrected chi connectivity index (χ2v) is 5.83.